The van der Waals surface area contributed by atoms with Crippen LogP contribution in [0.3, 0.4) is 0 Å². The number of aromatic nitrogens is 2. The minimum atomic E-state index is -0.726. The van der Waals surface area contributed by atoms with Crippen LogP contribution >= 0.6 is 22.9 Å². The summed E-state index contributed by atoms with van der Waals surface area (Å²) in [6.07, 6.45) is 4.21. The van der Waals surface area contributed by atoms with Gasteiger partial charge in [-0.1, -0.05) is 54.8 Å². The summed E-state index contributed by atoms with van der Waals surface area (Å²) in [5, 5.41) is 15.0. The number of hydrogen-bond acceptors (Lipinski definition) is 5. The molecule has 2 N–H and O–H groups in total. The van der Waals surface area contributed by atoms with E-state index < -0.39 is 11.9 Å². The number of nitrogens with zero attached hydrogens (tertiary/aromatic N) is 2. The van der Waals surface area contributed by atoms with Gasteiger partial charge in [0.25, 0.3) is 5.91 Å². The first-order valence-corrected chi connectivity index (χ1v) is 9.39. The van der Waals surface area contributed by atoms with Crippen molar-refractivity contribution in [1.29, 1.82) is 0 Å². The van der Waals surface area contributed by atoms with Gasteiger partial charge in [-0.05, 0) is 25.5 Å². The lowest BCUT2D eigenvalue weighted by Gasteiger charge is -2.13. The first-order chi connectivity index (χ1) is 12.0. The number of nitrogens with one attached hydrogen (secondary N) is 2. The Morgan fingerprint density at radius 3 is 2.72 bits per heavy atom. The van der Waals surface area contributed by atoms with Crippen LogP contribution in [-0.2, 0) is 11.2 Å². The predicted molar refractivity (Wildman–Crippen MR) is 100 cm³/mol. The number of rotatable bonds is 8. The summed E-state index contributed by atoms with van der Waals surface area (Å²) in [5.41, 5.74) is 0.331. The number of halogens is 1. The number of benzene rings is 1. The Bertz CT molecular complexity index is 735. The van der Waals surface area contributed by atoms with Gasteiger partial charge >= 0.3 is 0 Å². The second-order valence-electron chi connectivity index (χ2n) is 5.62. The molecule has 1 unspecified atom stereocenters. The lowest BCUT2D eigenvalue weighted by molar-refractivity contribution is -0.117. The van der Waals surface area contributed by atoms with Crippen LogP contribution in [0.15, 0.2) is 24.3 Å². The lowest BCUT2D eigenvalue weighted by atomic mass is 10.2. The van der Waals surface area contributed by atoms with Crippen LogP contribution in [-0.4, -0.2) is 28.1 Å². The van der Waals surface area contributed by atoms with E-state index in [0.717, 1.165) is 30.7 Å². The molecule has 1 atom stereocenters. The highest BCUT2D eigenvalue weighted by atomic mass is 35.5. The van der Waals surface area contributed by atoms with E-state index in [4.69, 9.17) is 11.6 Å². The average Bonchev–Trinajstić information content (AvgIpc) is 3.02. The molecule has 2 amide bonds. The second kappa shape index (κ2) is 9.48. The van der Waals surface area contributed by atoms with E-state index >= 15 is 0 Å². The monoisotopic (exact) mass is 380 g/mol. The zero-order chi connectivity index (χ0) is 18.2. The van der Waals surface area contributed by atoms with Crippen molar-refractivity contribution in [3.05, 3.63) is 39.9 Å². The van der Waals surface area contributed by atoms with Crippen molar-refractivity contribution >= 4 is 39.9 Å². The highest BCUT2D eigenvalue weighted by Gasteiger charge is 2.19. The molecule has 8 heteroatoms. The molecule has 1 aromatic carbocycles. The van der Waals surface area contributed by atoms with Crippen LogP contribution in [0.25, 0.3) is 0 Å². The first kappa shape index (κ1) is 19.3. The molecule has 134 valence electrons. The molecule has 25 heavy (non-hydrogen) atoms. The summed E-state index contributed by atoms with van der Waals surface area (Å²) in [5.74, 6) is -0.748. The predicted octanol–water partition coefficient (Wildman–Crippen LogP) is 3.68. The molecule has 6 nitrogen and oxygen atoms in total. The third kappa shape index (κ3) is 5.79. The van der Waals surface area contributed by atoms with E-state index in [0.29, 0.717) is 15.7 Å². The fourth-order valence-electron chi connectivity index (χ4n) is 2.13. The lowest BCUT2D eigenvalue weighted by Crippen LogP contribution is -2.41. The van der Waals surface area contributed by atoms with Crippen molar-refractivity contribution in [2.75, 3.05) is 5.32 Å². The van der Waals surface area contributed by atoms with E-state index in [1.807, 2.05) is 0 Å². The van der Waals surface area contributed by atoms with E-state index in [2.05, 4.69) is 27.8 Å². The molecular weight excluding hydrogens is 360 g/mol. The summed E-state index contributed by atoms with van der Waals surface area (Å²) >= 11 is 7.35. The Balaban J connectivity index is 1.88. The number of hydrogen-bond donors (Lipinski definition) is 2. The van der Waals surface area contributed by atoms with Crippen LogP contribution in [0, 0.1) is 0 Å². The van der Waals surface area contributed by atoms with Crippen LogP contribution in [0.5, 0.6) is 0 Å². The third-order valence-electron chi connectivity index (χ3n) is 3.55. The number of unbranched alkanes of at least 4 members (excludes halogenated alkanes) is 2. The fourth-order valence-corrected chi connectivity index (χ4v) is 3.14. The molecule has 0 aliphatic rings. The minimum Gasteiger partial charge on any atom is -0.340 e. The molecule has 1 heterocycles. The maximum absolute atomic E-state index is 12.2. The smallest absolute Gasteiger partial charge is 0.253 e. The van der Waals surface area contributed by atoms with Crippen LogP contribution in [0.2, 0.25) is 5.02 Å². The number of anilines is 1. The van der Waals surface area contributed by atoms with Gasteiger partial charge in [-0.15, -0.1) is 10.2 Å². The molecule has 0 aliphatic heterocycles. The van der Waals surface area contributed by atoms with E-state index in [-0.39, 0.29) is 5.91 Å². The van der Waals surface area contributed by atoms with Gasteiger partial charge in [0, 0.05) is 6.42 Å². The zero-order valence-corrected chi connectivity index (χ0v) is 15.8. The van der Waals surface area contributed by atoms with Crippen molar-refractivity contribution in [2.45, 2.75) is 45.6 Å². The van der Waals surface area contributed by atoms with Gasteiger partial charge in [0.2, 0.25) is 11.0 Å². The van der Waals surface area contributed by atoms with Gasteiger partial charge in [-0.3, -0.25) is 14.9 Å². The molecule has 0 radical (unpaired) electrons. The van der Waals surface area contributed by atoms with Gasteiger partial charge in [0.15, 0.2) is 0 Å². The molecule has 0 saturated heterocycles. The SMILES string of the molecule is CCCCCc1nnc(NC(=O)C(C)NC(=O)c2ccccc2Cl)s1. The maximum Gasteiger partial charge on any atom is 0.253 e. The summed E-state index contributed by atoms with van der Waals surface area (Å²) in [7, 11) is 0. The van der Waals surface area contributed by atoms with Crippen LogP contribution < -0.4 is 10.6 Å². The van der Waals surface area contributed by atoms with Crippen molar-refractivity contribution in [1.82, 2.24) is 15.5 Å². The zero-order valence-electron chi connectivity index (χ0n) is 14.2. The normalized spacial score (nSPS) is 11.8. The molecule has 1 aromatic heterocycles. The highest BCUT2D eigenvalue weighted by molar-refractivity contribution is 7.15. The van der Waals surface area contributed by atoms with Crippen molar-refractivity contribution < 1.29 is 9.59 Å². The minimum absolute atomic E-state index is 0.331. The number of carbonyl (C=O) groups is 2. The summed E-state index contributed by atoms with van der Waals surface area (Å²) < 4.78 is 0. The Hall–Kier alpha value is -1.99. The van der Waals surface area contributed by atoms with Gasteiger partial charge in [0.1, 0.15) is 11.0 Å². The summed E-state index contributed by atoms with van der Waals surface area (Å²) in [6, 6.07) is 5.96. The van der Waals surface area contributed by atoms with Gasteiger partial charge in [0.05, 0.1) is 10.6 Å². The maximum atomic E-state index is 12.2. The average molecular weight is 381 g/mol. The number of aryl methyl sites for hydroxylation is 1. The van der Waals surface area contributed by atoms with Crippen molar-refractivity contribution in [3.8, 4) is 0 Å². The standard InChI is InChI=1S/C17H21ClN4O2S/c1-3-4-5-10-14-21-22-17(25-14)20-15(23)11(2)19-16(24)12-8-6-7-9-13(12)18/h6-9,11H,3-5,10H2,1-2H3,(H,19,24)(H,20,22,23). The molecule has 0 aliphatic carbocycles. The van der Waals surface area contributed by atoms with E-state index in [9.17, 15) is 9.59 Å². The van der Waals surface area contributed by atoms with Gasteiger partial charge < -0.3 is 5.32 Å². The number of carbonyl (C=O) groups excluding carboxylic acids is 2. The van der Waals surface area contributed by atoms with Crippen molar-refractivity contribution in [2.24, 2.45) is 0 Å². The molecule has 0 spiro atoms. The van der Waals surface area contributed by atoms with E-state index in [1.54, 1.807) is 31.2 Å². The van der Waals surface area contributed by atoms with E-state index in [1.165, 1.54) is 11.3 Å². The third-order valence-corrected chi connectivity index (χ3v) is 4.78. The summed E-state index contributed by atoms with van der Waals surface area (Å²) in [6.45, 7) is 3.75. The van der Waals surface area contributed by atoms with Gasteiger partial charge in [-0.25, -0.2) is 0 Å². The molecule has 0 saturated carbocycles. The first-order valence-electron chi connectivity index (χ1n) is 8.20. The second-order valence-corrected chi connectivity index (χ2v) is 7.09. The Morgan fingerprint density at radius 1 is 1.24 bits per heavy atom. The van der Waals surface area contributed by atoms with Gasteiger partial charge in [-0.2, -0.15) is 0 Å². The van der Waals surface area contributed by atoms with Crippen LogP contribution in [0.4, 0.5) is 5.13 Å². The molecule has 0 fully saturated rings. The highest BCUT2D eigenvalue weighted by Crippen LogP contribution is 2.18. The Morgan fingerprint density at radius 2 is 2.00 bits per heavy atom. The van der Waals surface area contributed by atoms with Crippen LogP contribution in [0.1, 0.15) is 48.5 Å². The van der Waals surface area contributed by atoms with Crippen molar-refractivity contribution in [3.63, 3.8) is 0 Å². The molecular formula is C17H21ClN4O2S. The molecule has 2 rings (SSSR count). The largest absolute Gasteiger partial charge is 0.340 e. The fraction of sp³-hybridized carbons (Fsp3) is 0.412. The molecule has 2 aromatic rings. The Labute approximate surface area is 156 Å². The quantitative estimate of drug-likeness (QED) is 0.684. The molecule has 0 bridgehead atoms. The summed E-state index contributed by atoms with van der Waals surface area (Å²) in [4.78, 5) is 24.4. The topological polar surface area (TPSA) is 84.0 Å². The Kier molecular flexibility index (Phi) is 7.33. The number of amides is 2.